The molecule has 0 bridgehead atoms. The van der Waals surface area contributed by atoms with Gasteiger partial charge in [-0.3, -0.25) is 0 Å². The minimum absolute atomic E-state index is 0.0977. The summed E-state index contributed by atoms with van der Waals surface area (Å²) in [5.74, 6) is 0.809. The number of hydrogen-bond acceptors (Lipinski definition) is 3. The Hall–Kier alpha value is -0.770. The van der Waals surface area contributed by atoms with Crippen LogP contribution in [0.15, 0.2) is 18.2 Å². The van der Waals surface area contributed by atoms with Crippen molar-refractivity contribution in [3.05, 3.63) is 28.8 Å². The first kappa shape index (κ1) is 13.3. The second kappa shape index (κ2) is 6.09. The smallest absolute Gasteiger partial charge is 0.120 e. The highest BCUT2D eigenvalue weighted by Crippen LogP contribution is 2.30. The fourth-order valence-electron chi connectivity index (χ4n) is 1.64. The molecule has 0 fully saturated rings. The summed E-state index contributed by atoms with van der Waals surface area (Å²) in [7, 11) is 1.59. The fourth-order valence-corrected chi connectivity index (χ4v) is 2.00. The van der Waals surface area contributed by atoms with Gasteiger partial charge < -0.3 is 14.9 Å². The average Bonchev–Trinajstić information content (AvgIpc) is 2.28. The highest BCUT2D eigenvalue weighted by atomic mass is 35.5. The summed E-state index contributed by atoms with van der Waals surface area (Å²) in [5, 5.41) is 18.8. The van der Waals surface area contributed by atoms with Gasteiger partial charge in [0.05, 0.1) is 19.8 Å². The van der Waals surface area contributed by atoms with E-state index in [0.29, 0.717) is 17.2 Å². The van der Waals surface area contributed by atoms with E-state index in [4.69, 9.17) is 21.4 Å². The minimum atomic E-state index is -0.701. The first-order valence-electron chi connectivity index (χ1n) is 5.20. The second-order valence-corrected chi connectivity index (χ2v) is 4.27. The molecule has 0 aliphatic carbocycles. The molecular weight excluding hydrogens is 228 g/mol. The molecule has 1 aromatic carbocycles. The van der Waals surface area contributed by atoms with Gasteiger partial charge in [0.2, 0.25) is 0 Å². The summed E-state index contributed by atoms with van der Waals surface area (Å²) in [6.07, 6.45) is -0.212. The van der Waals surface area contributed by atoms with Crippen LogP contribution in [0.4, 0.5) is 0 Å². The average molecular weight is 245 g/mol. The van der Waals surface area contributed by atoms with E-state index in [9.17, 15) is 5.11 Å². The molecular formula is C12H17ClO3. The summed E-state index contributed by atoms with van der Waals surface area (Å²) in [4.78, 5) is 0. The van der Waals surface area contributed by atoms with Crippen molar-refractivity contribution < 1.29 is 14.9 Å². The normalized spacial score (nSPS) is 14.6. The van der Waals surface area contributed by atoms with Crippen molar-refractivity contribution in [2.75, 3.05) is 13.7 Å². The maximum absolute atomic E-state index is 9.36. The molecule has 3 nitrogen and oxygen atoms in total. The molecule has 0 amide bonds. The molecule has 4 heteroatoms. The number of methoxy groups -OCH3 is 1. The molecule has 0 saturated heterocycles. The predicted molar refractivity (Wildman–Crippen MR) is 64.1 cm³/mol. The molecule has 1 aromatic rings. The lowest BCUT2D eigenvalue weighted by Gasteiger charge is -2.16. The van der Waals surface area contributed by atoms with E-state index in [-0.39, 0.29) is 12.5 Å². The van der Waals surface area contributed by atoms with Crippen LogP contribution in [0, 0.1) is 0 Å². The van der Waals surface area contributed by atoms with Crippen molar-refractivity contribution in [1.29, 1.82) is 0 Å². The Balaban J connectivity index is 2.79. The Labute approximate surface area is 101 Å². The van der Waals surface area contributed by atoms with Gasteiger partial charge in [-0.1, -0.05) is 24.6 Å². The van der Waals surface area contributed by atoms with Crippen molar-refractivity contribution in [3.8, 4) is 5.75 Å². The number of aliphatic hydroxyl groups is 2. The number of hydrogen-bond donors (Lipinski definition) is 2. The van der Waals surface area contributed by atoms with Gasteiger partial charge in [0.25, 0.3) is 0 Å². The monoisotopic (exact) mass is 244 g/mol. The van der Waals surface area contributed by atoms with E-state index in [0.717, 1.165) is 5.56 Å². The molecule has 2 N–H and O–H groups in total. The highest BCUT2D eigenvalue weighted by molar-refractivity contribution is 6.31. The third-order valence-corrected chi connectivity index (χ3v) is 2.90. The fraction of sp³-hybridized carbons (Fsp3) is 0.500. The van der Waals surface area contributed by atoms with Gasteiger partial charge in [0.15, 0.2) is 0 Å². The van der Waals surface area contributed by atoms with E-state index in [2.05, 4.69) is 0 Å². The molecule has 16 heavy (non-hydrogen) atoms. The van der Waals surface area contributed by atoms with E-state index in [1.165, 1.54) is 0 Å². The van der Waals surface area contributed by atoms with Crippen molar-refractivity contribution in [2.45, 2.75) is 25.4 Å². The van der Waals surface area contributed by atoms with Gasteiger partial charge in [-0.15, -0.1) is 0 Å². The number of halogens is 1. The van der Waals surface area contributed by atoms with Crippen molar-refractivity contribution in [3.63, 3.8) is 0 Å². The SMILES string of the molecule is COc1ccc(C(C)CC(O)CO)c(Cl)c1. The summed E-state index contributed by atoms with van der Waals surface area (Å²) >= 11 is 6.11. The van der Waals surface area contributed by atoms with Gasteiger partial charge in [-0.2, -0.15) is 0 Å². The molecule has 0 heterocycles. The van der Waals surface area contributed by atoms with Crippen molar-refractivity contribution in [1.82, 2.24) is 0 Å². The van der Waals surface area contributed by atoms with Gasteiger partial charge in [0, 0.05) is 5.02 Å². The molecule has 2 atom stereocenters. The maximum Gasteiger partial charge on any atom is 0.120 e. The van der Waals surface area contributed by atoms with Crippen LogP contribution in [0.1, 0.15) is 24.8 Å². The molecule has 2 unspecified atom stereocenters. The number of rotatable bonds is 5. The second-order valence-electron chi connectivity index (χ2n) is 3.86. The van der Waals surface area contributed by atoms with Crippen LogP contribution in [-0.4, -0.2) is 30.0 Å². The number of benzene rings is 1. The van der Waals surface area contributed by atoms with Crippen LogP contribution >= 0.6 is 11.6 Å². The Kier molecular flexibility index (Phi) is 5.06. The zero-order valence-electron chi connectivity index (χ0n) is 9.48. The van der Waals surface area contributed by atoms with E-state index in [1.807, 2.05) is 19.1 Å². The van der Waals surface area contributed by atoms with Crippen molar-refractivity contribution >= 4 is 11.6 Å². The molecule has 0 radical (unpaired) electrons. The van der Waals surface area contributed by atoms with E-state index in [1.54, 1.807) is 13.2 Å². The summed E-state index contributed by atoms with van der Waals surface area (Å²) in [6, 6.07) is 5.47. The van der Waals surface area contributed by atoms with Crippen LogP contribution in [0.2, 0.25) is 5.02 Å². The van der Waals surface area contributed by atoms with Gasteiger partial charge in [-0.25, -0.2) is 0 Å². The first-order chi connectivity index (χ1) is 7.58. The molecule has 0 aliphatic rings. The molecule has 1 rings (SSSR count). The summed E-state index contributed by atoms with van der Waals surface area (Å²) < 4.78 is 5.06. The van der Waals surface area contributed by atoms with Crippen LogP contribution in [-0.2, 0) is 0 Å². The maximum atomic E-state index is 9.36. The highest BCUT2D eigenvalue weighted by Gasteiger charge is 2.14. The topological polar surface area (TPSA) is 49.7 Å². The van der Waals surface area contributed by atoms with E-state index >= 15 is 0 Å². The molecule has 90 valence electrons. The lowest BCUT2D eigenvalue weighted by Crippen LogP contribution is -2.15. The molecule has 0 aliphatic heterocycles. The zero-order chi connectivity index (χ0) is 12.1. The predicted octanol–water partition coefficient (Wildman–Crippen LogP) is 2.20. The van der Waals surface area contributed by atoms with Gasteiger partial charge in [0.1, 0.15) is 5.75 Å². The molecule has 0 saturated carbocycles. The van der Waals surface area contributed by atoms with Crippen LogP contribution in [0.3, 0.4) is 0 Å². The summed E-state index contributed by atoms with van der Waals surface area (Å²) in [5.41, 5.74) is 0.954. The molecule has 0 aromatic heterocycles. The third kappa shape index (κ3) is 3.37. The van der Waals surface area contributed by atoms with Crippen molar-refractivity contribution in [2.24, 2.45) is 0 Å². The molecule has 0 spiro atoms. The first-order valence-corrected chi connectivity index (χ1v) is 5.58. The van der Waals surface area contributed by atoms with Gasteiger partial charge >= 0.3 is 0 Å². The Morgan fingerprint density at radius 3 is 2.62 bits per heavy atom. The number of aliphatic hydroxyl groups excluding tert-OH is 2. The van der Waals surface area contributed by atoms with E-state index < -0.39 is 6.10 Å². The summed E-state index contributed by atoms with van der Waals surface area (Å²) in [6.45, 7) is 1.74. The van der Waals surface area contributed by atoms with Crippen LogP contribution < -0.4 is 4.74 Å². The Morgan fingerprint density at radius 2 is 2.12 bits per heavy atom. The van der Waals surface area contributed by atoms with Crippen LogP contribution in [0.25, 0.3) is 0 Å². The lowest BCUT2D eigenvalue weighted by atomic mass is 9.95. The third-order valence-electron chi connectivity index (χ3n) is 2.57. The zero-order valence-corrected chi connectivity index (χ0v) is 10.2. The standard InChI is InChI=1S/C12H17ClO3/c1-8(5-9(15)7-14)11-4-3-10(16-2)6-12(11)13/h3-4,6,8-9,14-15H,5,7H2,1-2H3. The van der Waals surface area contributed by atoms with Gasteiger partial charge in [-0.05, 0) is 30.0 Å². The quantitative estimate of drug-likeness (QED) is 0.835. The largest absolute Gasteiger partial charge is 0.497 e. The van der Waals surface area contributed by atoms with Crippen LogP contribution in [0.5, 0.6) is 5.75 Å². The Bertz CT molecular complexity index is 341. The lowest BCUT2D eigenvalue weighted by molar-refractivity contribution is 0.0835. The minimum Gasteiger partial charge on any atom is -0.497 e. The number of ether oxygens (including phenoxy) is 1. The Morgan fingerprint density at radius 1 is 1.44 bits per heavy atom.